The molecule has 0 aliphatic rings. The van der Waals surface area contributed by atoms with E-state index in [2.05, 4.69) is 32.1 Å². The SMILES string of the molecule is CC(=O)Nc1ccc(C(=O)NNC(=O)COc2ccc(Br)c(C)c2)cc1. The van der Waals surface area contributed by atoms with E-state index >= 15 is 0 Å². The van der Waals surface area contributed by atoms with Crippen molar-refractivity contribution in [2.24, 2.45) is 0 Å². The summed E-state index contributed by atoms with van der Waals surface area (Å²) in [5, 5.41) is 2.60. The predicted octanol–water partition coefficient (Wildman–Crippen LogP) is 2.56. The molecule has 136 valence electrons. The molecule has 2 aromatic rings. The highest BCUT2D eigenvalue weighted by molar-refractivity contribution is 9.10. The lowest BCUT2D eigenvalue weighted by Gasteiger charge is -2.10. The summed E-state index contributed by atoms with van der Waals surface area (Å²) in [4.78, 5) is 34.7. The summed E-state index contributed by atoms with van der Waals surface area (Å²) in [6.45, 7) is 3.07. The van der Waals surface area contributed by atoms with Gasteiger partial charge in [-0.15, -0.1) is 0 Å². The Morgan fingerprint density at radius 1 is 1.04 bits per heavy atom. The second-order valence-electron chi connectivity index (χ2n) is 5.46. The number of carbonyl (C=O) groups is 3. The van der Waals surface area contributed by atoms with Crippen LogP contribution in [0.25, 0.3) is 0 Å². The summed E-state index contributed by atoms with van der Waals surface area (Å²) in [5.74, 6) is -0.614. The van der Waals surface area contributed by atoms with Crippen LogP contribution in [-0.2, 0) is 9.59 Å². The molecule has 2 rings (SSSR count). The molecular formula is C18H18BrN3O4. The Bertz CT molecular complexity index is 822. The van der Waals surface area contributed by atoms with Crippen LogP contribution < -0.4 is 20.9 Å². The summed E-state index contributed by atoms with van der Waals surface area (Å²) >= 11 is 3.39. The van der Waals surface area contributed by atoms with E-state index in [0.29, 0.717) is 17.0 Å². The first-order valence-corrected chi connectivity index (χ1v) is 8.50. The molecule has 0 unspecified atom stereocenters. The molecule has 0 fully saturated rings. The van der Waals surface area contributed by atoms with Crippen LogP contribution in [0.15, 0.2) is 46.9 Å². The maximum absolute atomic E-state index is 12.0. The average Bonchev–Trinajstić information content (AvgIpc) is 2.60. The highest BCUT2D eigenvalue weighted by Crippen LogP contribution is 2.21. The number of rotatable bonds is 5. The lowest BCUT2D eigenvalue weighted by molar-refractivity contribution is -0.123. The van der Waals surface area contributed by atoms with Crippen LogP contribution in [0.2, 0.25) is 0 Å². The third-order valence-electron chi connectivity index (χ3n) is 3.28. The lowest BCUT2D eigenvalue weighted by atomic mass is 10.2. The van der Waals surface area contributed by atoms with Gasteiger partial charge >= 0.3 is 0 Å². The van der Waals surface area contributed by atoms with Gasteiger partial charge in [0.25, 0.3) is 11.8 Å². The second-order valence-corrected chi connectivity index (χ2v) is 6.31. The number of anilines is 1. The molecular weight excluding hydrogens is 402 g/mol. The Labute approximate surface area is 159 Å². The number of benzene rings is 2. The highest BCUT2D eigenvalue weighted by Gasteiger charge is 2.08. The highest BCUT2D eigenvalue weighted by atomic mass is 79.9. The Kier molecular flexibility index (Phi) is 6.74. The quantitative estimate of drug-likeness (QED) is 0.648. The smallest absolute Gasteiger partial charge is 0.276 e. The van der Waals surface area contributed by atoms with Crippen molar-refractivity contribution in [3.63, 3.8) is 0 Å². The van der Waals surface area contributed by atoms with E-state index in [-0.39, 0.29) is 12.5 Å². The zero-order valence-electron chi connectivity index (χ0n) is 14.3. The van der Waals surface area contributed by atoms with Crippen LogP contribution in [0.5, 0.6) is 5.75 Å². The number of nitrogens with one attached hydrogen (secondary N) is 3. The molecule has 8 heteroatoms. The number of carbonyl (C=O) groups excluding carboxylic acids is 3. The van der Waals surface area contributed by atoms with Crippen molar-refractivity contribution in [3.8, 4) is 5.75 Å². The minimum Gasteiger partial charge on any atom is -0.484 e. The first-order valence-electron chi connectivity index (χ1n) is 7.71. The van der Waals surface area contributed by atoms with Gasteiger partial charge in [-0.1, -0.05) is 15.9 Å². The van der Waals surface area contributed by atoms with Gasteiger partial charge in [-0.05, 0) is 55.0 Å². The lowest BCUT2D eigenvalue weighted by Crippen LogP contribution is -2.43. The number of hydrogen-bond acceptors (Lipinski definition) is 4. The Morgan fingerprint density at radius 2 is 1.73 bits per heavy atom. The Hall–Kier alpha value is -2.87. The molecule has 0 aliphatic heterocycles. The normalized spacial score (nSPS) is 9.96. The molecule has 0 aliphatic carbocycles. The average molecular weight is 420 g/mol. The standard InChI is InChI=1S/C18H18BrN3O4/c1-11-9-15(7-8-16(11)19)26-10-17(24)21-22-18(25)13-3-5-14(6-4-13)20-12(2)23/h3-9H,10H2,1-2H3,(H,20,23)(H,21,24)(H,22,25). The van der Waals surface area contributed by atoms with E-state index in [9.17, 15) is 14.4 Å². The molecule has 0 radical (unpaired) electrons. The topological polar surface area (TPSA) is 96.5 Å². The van der Waals surface area contributed by atoms with E-state index < -0.39 is 11.8 Å². The van der Waals surface area contributed by atoms with Gasteiger partial charge in [0.2, 0.25) is 5.91 Å². The van der Waals surface area contributed by atoms with Crippen LogP contribution >= 0.6 is 15.9 Å². The summed E-state index contributed by atoms with van der Waals surface area (Å²) in [5.41, 5.74) is 6.49. The fourth-order valence-electron chi connectivity index (χ4n) is 2.00. The van der Waals surface area contributed by atoms with Crippen molar-refractivity contribution in [3.05, 3.63) is 58.1 Å². The molecule has 0 saturated heterocycles. The molecule has 0 atom stereocenters. The van der Waals surface area contributed by atoms with Crippen LogP contribution in [0.4, 0.5) is 5.69 Å². The molecule has 3 N–H and O–H groups in total. The van der Waals surface area contributed by atoms with Crippen LogP contribution in [0.3, 0.4) is 0 Å². The molecule has 0 spiro atoms. The maximum atomic E-state index is 12.0. The van der Waals surface area contributed by atoms with E-state index in [4.69, 9.17) is 4.74 Å². The van der Waals surface area contributed by atoms with Crippen LogP contribution in [-0.4, -0.2) is 24.3 Å². The van der Waals surface area contributed by atoms with Gasteiger partial charge in [-0.3, -0.25) is 25.2 Å². The zero-order valence-corrected chi connectivity index (χ0v) is 15.8. The largest absolute Gasteiger partial charge is 0.484 e. The number of amides is 3. The number of aryl methyl sites for hydroxylation is 1. The van der Waals surface area contributed by atoms with Gasteiger partial charge < -0.3 is 10.1 Å². The molecule has 7 nitrogen and oxygen atoms in total. The molecule has 0 heterocycles. The van der Waals surface area contributed by atoms with Crippen molar-refractivity contribution >= 4 is 39.3 Å². The van der Waals surface area contributed by atoms with Crippen LogP contribution in [0, 0.1) is 6.92 Å². The monoisotopic (exact) mass is 419 g/mol. The van der Waals surface area contributed by atoms with Crippen molar-refractivity contribution in [2.75, 3.05) is 11.9 Å². The van der Waals surface area contributed by atoms with Gasteiger partial charge in [-0.2, -0.15) is 0 Å². The molecule has 2 aromatic carbocycles. The van der Waals surface area contributed by atoms with Gasteiger partial charge in [0.05, 0.1) is 0 Å². The fourth-order valence-corrected chi connectivity index (χ4v) is 2.25. The fraction of sp³-hybridized carbons (Fsp3) is 0.167. The van der Waals surface area contributed by atoms with Crippen LogP contribution in [0.1, 0.15) is 22.8 Å². The van der Waals surface area contributed by atoms with Crippen molar-refractivity contribution in [2.45, 2.75) is 13.8 Å². The first kappa shape index (κ1) is 19.5. The summed E-state index contributed by atoms with van der Waals surface area (Å²) in [6.07, 6.45) is 0. The third kappa shape index (κ3) is 5.89. The van der Waals surface area contributed by atoms with Gasteiger partial charge in [-0.25, -0.2) is 0 Å². The van der Waals surface area contributed by atoms with E-state index in [1.807, 2.05) is 13.0 Å². The predicted molar refractivity (Wildman–Crippen MR) is 101 cm³/mol. The van der Waals surface area contributed by atoms with Crippen molar-refractivity contribution in [1.29, 1.82) is 0 Å². The van der Waals surface area contributed by atoms with Crippen molar-refractivity contribution in [1.82, 2.24) is 10.9 Å². The minimum absolute atomic E-state index is 0.199. The second kappa shape index (κ2) is 9.00. The summed E-state index contributed by atoms with van der Waals surface area (Å²) in [7, 11) is 0. The zero-order chi connectivity index (χ0) is 19.1. The molecule has 26 heavy (non-hydrogen) atoms. The molecule has 0 bridgehead atoms. The van der Waals surface area contributed by atoms with Gasteiger partial charge in [0, 0.05) is 22.6 Å². The molecule has 3 amide bonds. The third-order valence-corrected chi connectivity index (χ3v) is 4.17. The number of hydrogen-bond donors (Lipinski definition) is 3. The van der Waals surface area contributed by atoms with E-state index in [0.717, 1.165) is 10.0 Å². The number of ether oxygens (including phenoxy) is 1. The maximum Gasteiger partial charge on any atom is 0.276 e. The summed E-state index contributed by atoms with van der Waals surface area (Å²) in [6, 6.07) is 11.6. The first-order chi connectivity index (χ1) is 12.3. The van der Waals surface area contributed by atoms with Crippen molar-refractivity contribution < 1.29 is 19.1 Å². The Morgan fingerprint density at radius 3 is 2.35 bits per heavy atom. The summed E-state index contributed by atoms with van der Waals surface area (Å²) < 4.78 is 6.32. The number of halogens is 1. The molecule has 0 aromatic heterocycles. The van der Waals surface area contributed by atoms with E-state index in [1.165, 1.54) is 19.1 Å². The van der Waals surface area contributed by atoms with E-state index in [1.54, 1.807) is 24.3 Å². The minimum atomic E-state index is -0.492. The molecule has 0 saturated carbocycles. The Balaban J connectivity index is 1.79. The number of hydrazine groups is 1. The van der Waals surface area contributed by atoms with Gasteiger partial charge in [0.1, 0.15) is 5.75 Å². The van der Waals surface area contributed by atoms with Gasteiger partial charge in [0.15, 0.2) is 6.61 Å².